The molecule has 0 bridgehead atoms. The number of fused-ring (bicyclic) bond motifs is 1. The van der Waals surface area contributed by atoms with E-state index in [1.807, 2.05) is 62.4 Å². The van der Waals surface area contributed by atoms with Crippen molar-refractivity contribution < 1.29 is 28.6 Å². The van der Waals surface area contributed by atoms with Crippen LogP contribution < -0.4 is 24.4 Å². The summed E-state index contributed by atoms with van der Waals surface area (Å²) in [7, 11) is 0. The Morgan fingerprint density at radius 1 is 0.792 bits per heavy atom. The van der Waals surface area contributed by atoms with E-state index in [4.69, 9.17) is 37.4 Å². The fourth-order valence-corrected chi connectivity index (χ4v) is 5.85. The highest BCUT2D eigenvalue weighted by molar-refractivity contribution is 6.39. The summed E-state index contributed by atoms with van der Waals surface area (Å²) in [6.07, 6.45) is 1.37. The molecular formula is C38H30Cl2N2O6. The van der Waals surface area contributed by atoms with Crippen LogP contribution in [0.2, 0.25) is 10.0 Å². The molecule has 1 heterocycles. The van der Waals surface area contributed by atoms with E-state index in [0.29, 0.717) is 34.4 Å². The predicted molar refractivity (Wildman–Crippen MR) is 187 cm³/mol. The summed E-state index contributed by atoms with van der Waals surface area (Å²) >= 11 is 12.9. The molecule has 0 atom stereocenters. The predicted octanol–water partition coefficient (Wildman–Crippen LogP) is 8.68. The molecule has 0 spiro atoms. The highest BCUT2D eigenvalue weighted by Gasteiger charge is 2.37. The number of anilines is 1. The van der Waals surface area contributed by atoms with Gasteiger partial charge in [-0.05, 0) is 84.3 Å². The summed E-state index contributed by atoms with van der Waals surface area (Å²) in [6.45, 7) is 4.65. The Kier molecular flexibility index (Phi) is 9.66. The number of carbonyl (C=O) groups excluding carboxylic acids is 3. The monoisotopic (exact) mass is 680 g/mol. The van der Waals surface area contributed by atoms with Gasteiger partial charge in [-0.15, -0.1) is 0 Å². The molecule has 48 heavy (non-hydrogen) atoms. The second kappa shape index (κ2) is 14.2. The van der Waals surface area contributed by atoms with Gasteiger partial charge in [-0.1, -0.05) is 77.8 Å². The number of hydrogen-bond acceptors (Lipinski definition) is 6. The lowest BCUT2D eigenvalue weighted by atomic mass is 10.0. The van der Waals surface area contributed by atoms with Crippen LogP contribution in [0, 0.1) is 6.92 Å². The van der Waals surface area contributed by atoms with Gasteiger partial charge in [0, 0.05) is 16.1 Å². The summed E-state index contributed by atoms with van der Waals surface area (Å²) in [4.78, 5) is 40.2. The molecule has 4 amide bonds. The van der Waals surface area contributed by atoms with Crippen LogP contribution in [0.5, 0.6) is 17.2 Å². The molecule has 242 valence electrons. The van der Waals surface area contributed by atoms with Gasteiger partial charge in [0.25, 0.3) is 11.8 Å². The third kappa shape index (κ3) is 6.86. The van der Waals surface area contributed by atoms with Crippen LogP contribution in [-0.4, -0.2) is 24.5 Å². The summed E-state index contributed by atoms with van der Waals surface area (Å²) < 4.78 is 17.9. The number of aryl methyl sites for hydroxylation is 1. The van der Waals surface area contributed by atoms with Gasteiger partial charge in [-0.25, -0.2) is 9.69 Å². The number of urea groups is 1. The van der Waals surface area contributed by atoms with Crippen LogP contribution in [0.3, 0.4) is 0 Å². The highest BCUT2D eigenvalue weighted by Crippen LogP contribution is 2.39. The summed E-state index contributed by atoms with van der Waals surface area (Å²) in [5.41, 5.74) is 3.31. The van der Waals surface area contributed by atoms with E-state index in [-0.39, 0.29) is 29.5 Å². The number of benzene rings is 5. The van der Waals surface area contributed by atoms with E-state index in [2.05, 4.69) is 11.4 Å². The maximum absolute atomic E-state index is 13.6. The van der Waals surface area contributed by atoms with E-state index in [0.717, 1.165) is 32.4 Å². The van der Waals surface area contributed by atoms with E-state index in [1.54, 1.807) is 42.5 Å². The lowest BCUT2D eigenvalue weighted by Crippen LogP contribution is -2.54. The Balaban J connectivity index is 1.23. The number of halogens is 2. The SMILES string of the molecule is CCOc1cc(/C=C2\C(=O)NC(=O)N(c3ccc(OCc4ccccc4Cl)cc3)C2=O)cc(Cl)c1OCc1c(C)ccc2ccccc12. The number of ether oxygens (including phenoxy) is 3. The fourth-order valence-electron chi connectivity index (χ4n) is 5.38. The molecule has 0 radical (unpaired) electrons. The van der Waals surface area contributed by atoms with Crippen molar-refractivity contribution in [2.75, 3.05) is 11.5 Å². The standard InChI is InChI=1S/C38H30Cl2N2O6/c1-3-46-34-20-24(19-33(40)35(34)48-22-31-23(2)12-13-25-8-4-6-10-29(25)31)18-30-36(43)41-38(45)42(37(30)44)27-14-16-28(17-15-27)47-21-26-9-5-7-11-32(26)39/h4-20H,3,21-22H2,1-2H3,(H,41,43,45)/b30-18+. The first-order valence-corrected chi connectivity index (χ1v) is 15.9. The molecule has 1 fully saturated rings. The molecule has 1 aliphatic heterocycles. The number of imide groups is 2. The molecular weight excluding hydrogens is 651 g/mol. The summed E-state index contributed by atoms with van der Waals surface area (Å²) in [5.74, 6) is -0.442. The number of amides is 4. The minimum absolute atomic E-state index is 0.231. The molecule has 1 N–H and O–H groups in total. The second-order valence-electron chi connectivity index (χ2n) is 11.0. The van der Waals surface area contributed by atoms with E-state index in [9.17, 15) is 14.4 Å². The van der Waals surface area contributed by atoms with Crippen molar-refractivity contribution in [1.82, 2.24) is 5.32 Å². The zero-order chi connectivity index (χ0) is 33.8. The largest absolute Gasteiger partial charge is 0.490 e. The first kappa shape index (κ1) is 32.6. The van der Waals surface area contributed by atoms with Crippen molar-refractivity contribution in [2.24, 2.45) is 0 Å². The van der Waals surface area contributed by atoms with Crippen LogP contribution in [0.4, 0.5) is 10.5 Å². The number of barbiturate groups is 1. The van der Waals surface area contributed by atoms with Crippen molar-refractivity contribution in [3.05, 3.63) is 135 Å². The minimum Gasteiger partial charge on any atom is -0.490 e. The quantitative estimate of drug-likeness (QED) is 0.117. The lowest BCUT2D eigenvalue weighted by molar-refractivity contribution is -0.122. The molecule has 5 aromatic carbocycles. The summed E-state index contributed by atoms with van der Waals surface area (Å²) in [5, 5.41) is 5.23. The average molecular weight is 682 g/mol. The Labute approximate surface area is 287 Å². The van der Waals surface area contributed by atoms with Gasteiger partial charge in [-0.3, -0.25) is 14.9 Å². The maximum atomic E-state index is 13.6. The van der Waals surface area contributed by atoms with Gasteiger partial charge in [0.15, 0.2) is 11.5 Å². The summed E-state index contributed by atoms with van der Waals surface area (Å²) in [6, 6.07) is 28.2. The molecule has 0 saturated carbocycles. The van der Waals surface area contributed by atoms with Gasteiger partial charge in [0.1, 0.15) is 24.5 Å². The molecule has 8 nitrogen and oxygen atoms in total. The Morgan fingerprint density at radius 2 is 1.54 bits per heavy atom. The van der Waals surface area contributed by atoms with Gasteiger partial charge >= 0.3 is 6.03 Å². The van der Waals surface area contributed by atoms with Crippen molar-refractivity contribution in [3.8, 4) is 17.2 Å². The number of nitrogens with one attached hydrogen (secondary N) is 1. The molecule has 10 heteroatoms. The third-order valence-electron chi connectivity index (χ3n) is 7.83. The highest BCUT2D eigenvalue weighted by atomic mass is 35.5. The maximum Gasteiger partial charge on any atom is 0.335 e. The van der Waals surface area contributed by atoms with Crippen LogP contribution in [0.1, 0.15) is 29.2 Å². The van der Waals surface area contributed by atoms with Crippen LogP contribution >= 0.6 is 23.2 Å². The number of carbonyl (C=O) groups is 3. The van der Waals surface area contributed by atoms with Crippen molar-refractivity contribution in [1.29, 1.82) is 0 Å². The van der Waals surface area contributed by atoms with Crippen molar-refractivity contribution >= 4 is 63.6 Å². The Bertz CT molecular complexity index is 2080. The van der Waals surface area contributed by atoms with Gasteiger partial charge in [0.2, 0.25) is 0 Å². The molecule has 5 aromatic rings. The molecule has 6 rings (SSSR count). The fraction of sp³-hybridized carbons (Fsp3) is 0.132. The Hall–Kier alpha value is -5.31. The first-order chi connectivity index (χ1) is 23.2. The van der Waals surface area contributed by atoms with Crippen LogP contribution in [-0.2, 0) is 22.8 Å². The van der Waals surface area contributed by atoms with Crippen molar-refractivity contribution in [3.63, 3.8) is 0 Å². The van der Waals surface area contributed by atoms with Crippen LogP contribution in [0.25, 0.3) is 16.8 Å². The second-order valence-corrected chi connectivity index (χ2v) is 11.8. The molecule has 1 aliphatic rings. The third-order valence-corrected chi connectivity index (χ3v) is 8.48. The molecule has 0 unspecified atom stereocenters. The van der Waals surface area contributed by atoms with Crippen molar-refractivity contribution in [2.45, 2.75) is 27.1 Å². The van der Waals surface area contributed by atoms with Gasteiger partial charge in [0.05, 0.1) is 17.3 Å². The molecule has 0 aromatic heterocycles. The van der Waals surface area contributed by atoms with E-state index in [1.165, 1.54) is 6.08 Å². The Morgan fingerprint density at radius 3 is 2.31 bits per heavy atom. The molecule has 0 aliphatic carbocycles. The smallest absolute Gasteiger partial charge is 0.335 e. The number of rotatable bonds is 10. The lowest BCUT2D eigenvalue weighted by Gasteiger charge is -2.26. The van der Waals surface area contributed by atoms with E-state index < -0.39 is 17.8 Å². The topological polar surface area (TPSA) is 94.2 Å². The van der Waals surface area contributed by atoms with Crippen LogP contribution in [0.15, 0.2) is 103 Å². The normalized spacial score (nSPS) is 14.0. The van der Waals surface area contributed by atoms with E-state index >= 15 is 0 Å². The average Bonchev–Trinajstić information content (AvgIpc) is 3.07. The first-order valence-electron chi connectivity index (χ1n) is 15.2. The van der Waals surface area contributed by atoms with Gasteiger partial charge < -0.3 is 14.2 Å². The number of nitrogens with zero attached hydrogens (tertiary/aromatic N) is 1. The zero-order valence-electron chi connectivity index (χ0n) is 26.1. The van der Waals surface area contributed by atoms with Gasteiger partial charge in [-0.2, -0.15) is 0 Å². The molecule has 1 saturated heterocycles. The zero-order valence-corrected chi connectivity index (χ0v) is 27.6. The minimum atomic E-state index is -0.868. The number of hydrogen-bond donors (Lipinski definition) is 1.